The van der Waals surface area contributed by atoms with E-state index in [1.165, 1.54) is 0 Å². The number of benzene rings is 2. The minimum atomic E-state index is -3.64. The Balaban J connectivity index is 1.95. The molecule has 0 spiro atoms. The molecule has 6 heteroatoms. The molecule has 2 aromatic carbocycles. The van der Waals surface area contributed by atoms with Gasteiger partial charge in [-0.2, -0.15) is 0 Å². The summed E-state index contributed by atoms with van der Waals surface area (Å²) in [7, 11) is -2.09. The Morgan fingerprint density at radius 2 is 1.91 bits per heavy atom. The fraction of sp³-hybridized carbons (Fsp3) is 0.125. The Morgan fingerprint density at radius 1 is 1.09 bits per heavy atom. The van der Waals surface area contributed by atoms with E-state index in [4.69, 9.17) is 4.74 Å². The van der Waals surface area contributed by atoms with Crippen LogP contribution in [0.25, 0.3) is 10.9 Å². The Labute approximate surface area is 129 Å². The lowest BCUT2D eigenvalue weighted by Crippen LogP contribution is -2.14. The highest BCUT2D eigenvalue weighted by Gasteiger charge is 2.17. The smallest absolute Gasteiger partial charge is 0.262 e. The highest BCUT2D eigenvalue weighted by molar-refractivity contribution is 7.92. The number of sulfonamides is 1. The van der Waals surface area contributed by atoms with E-state index in [-0.39, 0.29) is 4.90 Å². The fourth-order valence-corrected chi connectivity index (χ4v) is 3.65. The van der Waals surface area contributed by atoms with Gasteiger partial charge < -0.3 is 9.72 Å². The number of rotatable bonds is 4. The van der Waals surface area contributed by atoms with Crippen LogP contribution < -0.4 is 9.46 Å². The number of ether oxygens (including phenoxy) is 1. The first kappa shape index (κ1) is 14.5. The highest BCUT2D eigenvalue weighted by atomic mass is 32.2. The van der Waals surface area contributed by atoms with Crippen molar-refractivity contribution < 1.29 is 13.2 Å². The van der Waals surface area contributed by atoms with Gasteiger partial charge in [-0.05, 0) is 54.3 Å². The molecular weight excluding hydrogens is 300 g/mol. The predicted molar refractivity (Wildman–Crippen MR) is 86.8 cm³/mol. The standard InChI is InChI=1S/C16H16N2O3S/c1-11-9-14(21-2)5-6-16(11)22(19,20)18-13-4-3-12-7-8-17-15(12)10-13/h3-10,17-18H,1-2H3. The number of hydrogen-bond donors (Lipinski definition) is 2. The van der Waals surface area contributed by atoms with Crippen molar-refractivity contribution in [1.82, 2.24) is 4.98 Å². The zero-order chi connectivity index (χ0) is 15.7. The van der Waals surface area contributed by atoms with Crippen molar-refractivity contribution in [3.8, 4) is 5.75 Å². The minimum absolute atomic E-state index is 0.236. The van der Waals surface area contributed by atoms with Gasteiger partial charge in [-0.3, -0.25) is 4.72 Å². The number of aromatic amines is 1. The SMILES string of the molecule is COc1ccc(S(=O)(=O)Nc2ccc3cc[nH]c3c2)c(C)c1. The van der Waals surface area contributed by atoms with Gasteiger partial charge in [0.1, 0.15) is 5.75 Å². The molecule has 1 aromatic heterocycles. The maximum Gasteiger partial charge on any atom is 0.262 e. The molecule has 0 aliphatic heterocycles. The molecule has 2 N–H and O–H groups in total. The number of H-pyrrole nitrogens is 1. The van der Waals surface area contributed by atoms with Crippen LogP contribution >= 0.6 is 0 Å². The second-order valence-electron chi connectivity index (χ2n) is 5.02. The number of hydrogen-bond acceptors (Lipinski definition) is 3. The van der Waals surface area contributed by atoms with Gasteiger partial charge in [0.05, 0.1) is 17.7 Å². The average molecular weight is 316 g/mol. The maximum atomic E-state index is 12.5. The highest BCUT2D eigenvalue weighted by Crippen LogP contribution is 2.24. The Hall–Kier alpha value is -2.47. The predicted octanol–water partition coefficient (Wildman–Crippen LogP) is 3.29. The van der Waals surface area contributed by atoms with Crippen LogP contribution in [0.2, 0.25) is 0 Å². The summed E-state index contributed by atoms with van der Waals surface area (Å²) in [5, 5.41) is 1.03. The largest absolute Gasteiger partial charge is 0.497 e. The molecule has 0 saturated heterocycles. The van der Waals surface area contributed by atoms with Gasteiger partial charge in [-0.25, -0.2) is 8.42 Å². The van der Waals surface area contributed by atoms with Crippen molar-refractivity contribution in [3.63, 3.8) is 0 Å². The lowest BCUT2D eigenvalue weighted by molar-refractivity contribution is 0.414. The van der Waals surface area contributed by atoms with Gasteiger partial charge >= 0.3 is 0 Å². The summed E-state index contributed by atoms with van der Waals surface area (Å²) >= 11 is 0. The summed E-state index contributed by atoms with van der Waals surface area (Å²) in [5.41, 5.74) is 2.03. The van der Waals surface area contributed by atoms with Crippen molar-refractivity contribution in [2.45, 2.75) is 11.8 Å². The van der Waals surface area contributed by atoms with Crippen LogP contribution in [0.4, 0.5) is 5.69 Å². The van der Waals surface area contributed by atoms with Crippen molar-refractivity contribution in [3.05, 3.63) is 54.2 Å². The molecule has 0 unspecified atom stereocenters. The van der Waals surface area contributed by atoms with Gasteiger partial charge in [0.25, 0.3) is 10.0 Å². The van der Waals surface area contributed by atoms with Crippen LogP contribution in [0.15, 0.2) is 53.6 Å². The zero-order valence-electron chi connectivity index (χ0n) is 12.3. The van der Waals surface area contributed by atoms with E-state index in [0.29, 0.717) is 17.0 Å². The van der Waals surface area contributed by atoms with Gasteiger partial charge in [0.2, 0.25) is 0 Å². The molecule has 0 fully saturated rings. The van der Waals surface area contributed by atoms with Gasteiger partial charge in [0.15, 0.2) is 0 Å². The first-order valence-corrected chi connectivity index (χ1v) is 8.22. The van der Waals surface area contributed by atoms with Crippen LogP contribution in [0.1, 0.15) is 5.56 Å². The van der Waals surface area contributed by atoms with Crippen LogP contribution in [0, 0.1) is 6.92 Å². The van der Waals surface area contributed by atoms with Gasteiger partial charge in [-0.1, -0.05) is 6.07 Å². The quantitative estimate of drug-likeness (QED) is 0.776. The van der Waals surface area contributed by atoms with E-state index in [9.17, 15) is 8.42 Å². The van der Waals surface area contributed by atoms with Gasteiger partial charge in [0, 0.05) is 11.7 Å². The number of aryl methyl sites for hydroxylation is 1. The fourth-order valence-electron chi connectivity index (χ4n) is 2.37. The van der Waals surface area contributed by atoms with Crippen LogP contribution in [0.3, 0.4) is 0 Å². The summed E-state index contributed by atoms with van der Waals surface area (Å²) in [6, 6.07) is 12.2. The first-order valence-electron chi connectivity index (χ1n) is 6.74. The molecule has 0 atom stereocenters. The summed E-state index contributed by atoms with van der Waals surface area (Å²) in [5.74, 6) is 0.629. The molecule has 0 saturated carbocycles. The topological polar surface area (TPSA) is 71.2 Å². The van der Waals surface area contributed by atoms with Crippen molar-refractivity contribution in [2.24, 2.45) is 0 Å². The molecule has 1 heterocycles. The van der Waals surface area contributed by atoms with Crippen molar-refractivity contribution in [1.29, 1.82) is 0 Å². The molecule has 3 rings (SSSR count). The van der Waals surface area contributed by atoms with E-state index in [1.807, 2.05) is 18.3 Å². The molecule has 5 nitrogen and oxygen atoms in total. The lowest BCUT2D eigenvalue weighted by Gasteiger charge is -2.11. The Bertz CT molecular complexity index is 929. The first-order chi connectivity index (χ1) is 10.5. The summed E-state index contributed by atoms with van der Waals surface area (Å²) < 4.78 is 32.8. The Kier molecular flexibility index (Phi) is 3.54. The number of nitrogens with one attached hydrogen (secondary N) is 2. The van der Waals surface area contributed by atoms with E-state index in [2.05, 4.69) is 9.71 Å². The Morgan fingerprint density at radius 3 is 2.64 bits per heavy atom. The average Bonchev–Trinajstić information content (AvgIpc) is 2.93. The van der Waals surface area contributed by atoms with Crippen molar-refractivity contribution >= 4 is 26.6 Å². The number of fused-ring (bicyclic) bond motifs is 1. The normalized spacial score (nSPS) is 11.5. The molecule has 22 heavy (non-hydrogen) atoms. The van der Waals surface area contributed by atoms with Gasteiger partial charge in [-0.15, -0.1) is 0 Å². The van der Waals surface area contributed by atoms with Crippen molar-refractivity contribution in [2.75, 3.05) is 11.8 Å². The number of aromatic nitrogens is 1. The molecular formula is C16H16N2O3S. The second-order valence-corrected chi connectivity index (χ2v) is 6.67. The molecule has 114 valence electrons. The number of methoxy groups -OCH3 is 1. The van der Waals surface area contributed by atoms with Crippen LogP contribution in [0.5, 0.6) is 5.75 Å². The maximum absolute atomic E-state index is 12.5. The summed E-state index contributed by atoms with van der Waals surface area (Å²) in [6.07, 6.45) is 1.82. The molecule has 0 aliphatic rings. The van der Waals surface area contributed by atoms with E-state index < -0.39 is 10.0 Å². The summed E-state index contributed by atoms with van der Waals surface area (Å²) in [4.78, 5) is 3.30. The second kappa shape index (κ2) is 5.38. The van der Waals surface area contributed by atoms with Crippen LogP contribution in [-0.2, 0) is 10.0 Å². The molecule has 0 aliphatic carbocycles. The van der Waals surface area contributed by atoms with E-state index in [1.54, 1.807) is 44.4 Å². The molecule has 0 amide bonds. The third-order valence-electron chi connectivity index (χ3n) is 3.48. The monoisotopic (exact) mass is 316 g/mol. The molecule has 0 radical (unpaired) electrons. The third-order valence-corrected chi connectivity index (χ3v) is 5.02. The third kappa shape index (κ3) is 2.65. The minimum Gasteiger partial charge on any atom is -0.497 e. The molecule has 3 aromatic rings. The summed E-state index contributed by atoms with van der Waals surface area (Å²) in [6.45, 7) is 1.74. The zero-order valence-corrected chi connectivity index (χ0v) is 13.1. The lowest BCUT2D eigenvalue weighted by atomic mass is 10.2. The van der Waals surface area contributed by atoms with Crippen LogP contribution in [-0.4, -0.2) is 20.5 Å². The van der Waals surface area contributed by atoms with E-state index in [0.717, 1.165) is 10.9 Å². The number of anilines is 1. The van der Waals surface area contributed by atoms with E-state index >= 15 is 0 Å². The molecule has 0 bridgehead atoms.